The van der Waals surface area contributed by atoms with Gasteiger partial charge in [-0.3, -0.25) is 19.8 Å². The molecule has 24 heavy (non-hydrogen) atoms. The molecule has 3 rings (SSSR count). The van der Waals surface area contributed by atoms with Crippen LogP contribution in [0.15, 0.2) is 30.3 Å². The molecule has 0 radical (unpaired) electrons. The molecule has 0 aromatic heterocycles. The molecule has 2 aromatic rings. The first-order chi connectivity index (χ1) is 11.5. The average molecular weight is 345 g/mol. The fraction of sp³-hybridized carbons (Fsp3) is 0.278. The van der Waals surface area contributed by atoms with E-state index in [1.54, 1.807) is 30.3 Å². The third kappa shape index (κ3) is 2.76. The van der Waals surface area contributed by atoms with Crippen molar-refractivity contribution in [2.45, 2.75) is 32.6 Å². The summed E-state index contributed by atoms with van der Waals surface area (Å²) in [6.07, 6.45) is 2.92. The Bertz CT molecular complexity index is 825. The first-order valence-corrected chi connectivity index (χ1v) is 8.32. The maximum Gasteiger partial charge on any atom is 0.280 e. The highest BCUT2D eigenvalue weighted by molar-refractivity contribution is 6.38. The van der Waals surface area contributed by atoms with Crippen LogP contribution in [0.25, 0.3) is 10.8 Å². The van der Waals surface area contributed by atoms with Crippen molar-refractivity contribution in [1.82, 2.24) is 10.4 Å². The lowest BCUT2D eigenvalue weighted by Crippen LogP contribution is -2.51. The molecule has 2 aromatic carbocycles. The van der Waals surface area contributed by atoms with Crippen LogP contribution in [0.2, 0.25) is 5.02 Å². The first-order valence-electron chi connectivity index (χ1n) is 7.94. The molecule has 0 spiro atoms. The van der Waals surface area contributed by atoms with E-state index in [2.05, 4.69) is 5.43 Å². The molecular formula is C18H17ClN2O3. The second kappa shape index (κ2) is 6.61. The fourth-order valence-corrected chi connectivity index (χ4v) is 3.10. The van der Waals surface area contributed by atoms with E-state index in [4.69, 9.17) is 11.6 Å². The fourth-order valence-electron chi connectivity index (χ4n) is 2.88. The molecule has 1 heterocycles. The topological polar surface area (TPSA) is 66.5 Å². The number of hydrazine groups is 1. The van der Waals surface area contributed by atoms with Crippen molar-refractivity contribution < 1.29 is 14.4 Å². The van der Waals surface area contributed by atoms with Gasteiger partial charge in [0.2, 0.25) is 5.91 Å². The number of amides is 3. The summed E-state index contributed by atoms with van der Waals surface area (Å²) in [7, 11) is 0. The highest BCUT2D eigenvalue weighted by atomic mass is 35.5. The lowest BCUT2D eigenvalue weighted by Gasteiger charge is -2.27. The molecule has 0 aliphatic carbocycles. The number of nitrogens with one attached hydrogen (secondary N) is 1. The van der Waals surface area contributed by atoms with Gasteiger partial charge in [-0.2, -0.15) is 5.01 Å². The summed E-state index contributed by atoms with van der Waals surface area (Å²) in [6, 6.07) is 8.32. The number of hydrogen-bond donors (Lipinski definition) is 1. The number of carbonyl (C=O) groups excluding carboxylic acids is 3. The van der Waals surface area contributed by atoms with Gasteiger partial charge in [-0.25, -0.2) is 0 Å². The summed E-state index contributed by atoms with van der Waals surface area (Å²) >= 11 is 6.16. The average Bonchev–Trinajstić information content (AvgIpc) is 2.58. The Balaban J connectivity index is 1.94. The van der Waals surface area contributed by atoms with E-state index in [9.17, 15) is 14.4 Å². The van der Waals surface area contributed by atoms with Gasteiger partial charge in [0.15, 0.2) is 0 Å². The summed E-state index contributed by atoms with van der Waals surface area (Å²) in [4.78, 5) is 37.3. The van der Waals surface area contributed by atoms with Crippen molar-refractivity contribution in [1.29, 1.82) is 0 Å². The molecule has 1 aliphatic rings. The zero-order valence-electron chi connectivity index (χ0n) is 13.3. The van der Waals surface area contributed by atoms with Crippen molar-refractivity contribution in [3.8, 4) is 0 Å². The SMILES string of the molecule is CCCCCC(=O)NN1C(=O)c2cccc3c(Cl)ccc(c23)C1=O. The molecule has 0 saturated heterocycles. The van der Waals surface area contributed by atoms with Crippen LogP contribution in [-0.4, -0.2) is 22.7 Å². The number of nitrogens with zero attached hydrogens (tertiary/aromatic N) is 1. The Kier molecular flexibility index (Phi) is 4.53. The van der Waals surface area contributed by atoms with E-state index in [0.717, 1.165) is 24.3 Å². The standard InChI is InChI=1S/C18H17ClN2O3/c1-2-3-4-8-15(22)20-21-17(23)12-7-5-6-11-14(19)10-9-13(16(11)12)18(21)24/h5-7,9-10H,2-4,8H2,1H3,(H,20,22). The van der Waals surface area contributed by atoms with Crippen molar-refractivity contribution in [2.24, 2.45) is 0 Å². The summed E-state index contributed by atoms with van der Waals surface area (Å²) in [5.74, 6) is -1.41. The molecule has 5 nitrogen and oxygen atoms in total. The summed E-state index contributed by atoms with van der Waals surface area (Å²) in [5, 5.41) is 2.48. The monoisotopic (exact) mass is 344 g/mol. The van der Waals surface area contributed by atoms with Crippen molar-refractivity contribution >= 4 is 40.1 Å². The van der Waals surface area contributed by atoms with E-state index in [0.29, 0.717) is 26.9 Å². The summed E-state index contributed by atoms with van der Waals surface area (Å²) in [5.41, 5.74) is 3.16. The number of halogens is 1. The van der Waals surface area contributed by atoms with Crippen LogP contribution < -0.4 is 5.43 Å². The highest BCUT2D eigenvalue weighted by Gasteiger charge is 2.34. The van der Waals surface area contributed by atoms with Gasteiger partial charge in [-0.15, -0.1) is 0 Å². The molecule has 0 unspecified atom stereocenters. The zero-order valence-corrected chi connectivity index (χ0v) is 14.0. The predicted molar refractivity (Wildman–Crippen MR) is 91.7 cm³/mol. The Morgan fingerprint density at radius 3 is 2.50 bits per heavy atom. The highest BCUT2D eigenvalue weighted by Crippen LogP contribution is 2.33. The third-order valence-corrected chi connectivity index (χ3v) is 4.43. The van der Waals surface area contributed by atoms with E-state index in [-0.39, 0.29) is 12.3 Å². The minimum Gasteiger partial charge on any atom is -0.273 e. The molecule has 124 valence electrons. The molecule has 1 N–H and O–H groups in total. The minimum atomic E-state index is -0.538. The van der Waals surface area contributed by atoms with Crippen LogP contribution in [0.5, 0.6) is 0 Å². The van der Waals surface area contributed by atoms with E-state index >= 15 is 0 Å². The number of carbonyl (C=O) groups is 3. The molecule has 0 bridgehead atoms. The van der Waals surface area contributed by atoms with E-state index < -0.39 is 11.8 Å². The van der Waals surface area contributed by atoms with Gasteiger partial charge in [0.25, 0.3) is 11.8 Å². The second-order valence-corrected chi connectivity index (χ2v) is 6.17. The van der Waals surface area contributed by atoms with E-state index in [1.807, 2.05) is 6.92 Å². The smallest absolute Gasteiger partial charge is 0.273 e. The largest absolute Gasteiger partial charge is 0.280 e. The van der Waals surface area contributed by atoms with Crippen LogP contribution in [0, 0.1) is 0 Å². The van der Waals surface area contributed by atoms with Gasteiger partial charge in [-0.05, 0) is 24.6 Å². The molecule has 3 amide bonds. The van der Waals surface area contributed by atoms with Gasteiger partial charge in [0.05, 0.1) is 11.1 Å². The molecular weight excluding hydrogens is 328 g/mol. The van der Waals surface area contributed by atoms with Crippen LogP contribution in [-0.2, 0) is 4.79 Å². The van der Waals surface area contributed by atoms with Crippen molar-refractivity contribution in [3.05, 3.63) is 46.5 Å². The second-order valence-electron chi connectivity index (χ2n) is 5.76. The quantitative estimate of drug-likeness (QED) is 0.664. The molecule has 0 fully saturated rings. The Hall–Kier alpha value is -2.40. The van der Waals surface area contributed by atoms with E-state index in [1.165, 1.54) is 0 Å². The number of imide groups is 1. The minimum absolute atomic E-state index is 0.280. The lowest BCUT2D eigenvalue weighted by molar-refractivity contribution is -0.124. The van der Waals surface area contributed by atoms with Gasteiger partial charge in [-0.1, -0.05) is 43.5 Å². The van der Waals surface area contributed by atoms with Gasteiger partial charge >= 0.3 is 0 Å². The number of unbranched alkanes of at least 4 members (excludes halogenated alkanes) is 2. The van der Waals surface area contributed by atoms with Crippen LogP contribution in [0.4, 0.5) is 0 Å². The lowest BCUT2D eigenvalue weighted by atomic mass is 9.95. The zero-order chi connectivity index (χ0) is 17.3. The van der Waals surface area contributed by atoms with Gasteiger partial charge in [0.1, 0.15) is 0 Å². The normalized spacial score (nSPS) is 13.5. The number of rotatable bonds is 5. The first kappa shape index (κ1) is 16.5. The van der Waals surface area contributed by atoms with Gasteiger partial charge < -0.3 is 0 Å². The molecule has 0 saturated carbocycles. The van der Waals surface area contributed by atoms with Crippen LogP contribution >= 0.6 is 11.6 Å². The van der Waals surface area contributed by atoms with Crippen LogP contribution in [0.3, 0.4) is 0 Å². The van der Waals surface area contributed by atoms with Gasteiger partial charge in [0, 0.05) is 22.2 Å². The molecule has 1 aliphatic heterocycles. The van der Waals surface area contributed by atoms with Crippen molar-refractivity contribution in [2.75, 3.05) is 0 Å². The third-order valence-electron chi connectivity index (χ3n) is 4.10. The Labute approximate surface area is 144 Å². The Morgan fingerprint density at radius 1 is 1.08 bits per heavy atom. The summed E-state index contributed by atoms with van der Waals surface area (Å²) in [6.45, 7) is 2.04. The maximum atomic E-state index is 12.6. The number of hydrogen-bond acceptors (Lipinski definition) is 3. The summed E-state index contributed by atoms with van der Waals surface area (Å²) < 4.78 is 0. The van der Waals surface area contributed by atoms with Crippen molar-refractivity contribution in [3.63, 3.8) is 0 Å². The molecule has 6 heteroatoms. The molecule has 0 atom stereocenters. The Morgan fingerprint density at radius 2 is 1.79 bits per heavy atom. The predicted octanol–water partition coefficient (Wildman–Crippen LogP) is 3.70. The number of benzene rings is 2. The van der Waals surface area contributed by atoms with Crippen LogP contribution in [0.1, 0.15) is 53.3 Å². The maximum absolute atomic E-state index is 12.6.